The number of halogens is 1. The third-order valence-electron chi connectivity index (χ3n) is 1.46. The smallest absolute Gasteiger partial charge is 0.409 e. The van der Waals surface area contributed by atoms with Crippen LogP contribution in [0.2, 0.25) is 0 Å². The third-order valence-corrected chi connectivity index (χ3v) is 1.54. The molecular weight excluding hydrogens is 200 g/mol. The molecule has 0 atom stereocenters. The minimum absolute atomic E-state index is 0.296. The van der Waals surface area contributed by atoms with Crippen molar-refractivity contribution in [2.45, 2.75) is 0 Å². The van der Waals surface area contributed by atoms with Crippen LogP contribution in [0.3, 0.4) is 0 Å². The summed E-state index contributed by atoms with van der Waals surface area (Å²) >= 11 is 5.10. The average Bonchev–Trinajstić information content (AvgIpc) is 2.42. The van der Waals surface area contributed by atoms with Gasteiger partial charge in [0.1, 0.15) is 5.75 Å². The molecule has 0 saturated carbocycles. The van der Waals surface area contributed by atoms with Gasteiger partial charge in [-0.1, -0.05) is 36.3 Å². The first-order valence-corrected chi connectivity index (χ1v) is 3.93. The van der Waals surface area contributed by atoms with Crippen LogP contribution in [0.1, 0.15) is 9.60 Å². The summed E-state index contributed by atoms with van der Waals surface area (Å²) in [5.41, 5.74) is -1.31. The molecule has 2 aromatic carbocycles. The fraction of sp³-hybridized carbons (Fsp3) is 0. The molecule has 0 aliphatic rings. The monoisotopic (exact) mass is 213 g/mol. The molecule has 0 radical (unpaired) electrons. The predicted octanol–water partition coefficient (Wildman–Crippen LogP) is 3.58. The lowest BCUT2D eigenvalue weighted by Crippen LogP contribution is -1.96. The van der Waals surface area contributed by atoms with Crippen LogP contribution in [0.25, 0.3) is 10.8 Å². The zero-order chi connectivity index (χ0) is 16.1. The zero-order valence-corrected chi connectivity index (χ0v) is 7.45. The van der Waals surface area contributed by atoms with Crippen LogP contribution >= 0.6 is 11.6 Å². The molecule has 0 unspecified atom stereocenters. The summed E-state index contributed by atoms with van der Waals surface area (Å²) in [5, 5.41) is -0.615. The van der Waals surface area contributed by atoms with E-state index in [9.17, 15) is 4.79 Å². The molecule has 0 saturated heterocycles. The van der Waals surface area contributed by atoms with Crippen molar-refractivity contribution in [3.05, 3.63) is 42.3 Å². The summed E-state index contributed by atoms with van der Waals surface area (Å²) < 4.78 is 58.5. The minimum atomic E-state index is -1.31. The molecule has 0 aliphatic carbocycles. The molecule has 0 amide bonds. The predicted molar refractivity (Wildman–Crippen MR) is 55.8 cm³/mol. The Morgan fingerprint density at radius 2 is 1.93 bits per heavy atom. The fourth-order valence-electron chi connectivity index (χ4n) is 0.946. The highest BCUT2D eigenvalue weighted by Gasteiger charge is 2.03. The Hall–Kier alpha value is -1.54. The van der Waals surface area contributed by atoms with Gasteiger partial charge in [-0.15, -0.1) is 0 Å². The van der Waals surface area contributed by atoms with Gasteiger partial charge >= 0.3 is 5.43 Å². The van der Waals surface area contributed by atoms with E-state index >= 15 is 0 Å². The van der Waals surface area contributed by atoms with Crippen LogP contribution in [-0.4, -0.2) is 5.43 Å². The van der Waals surface area contributed by atoms with Crippen molar-refractivity contribution in [1.29, 1.82) is 0 Å². The Balaban J connectivity index is 3.13. The highest BCUT2D eigenvalue weighted by atomic mass is 35.5. The van der Waals surface area contributed by atoms with Crippen LogP contribution in [-0.2, 0) is 0 Å². The molecule has 0 N–H and O–H groups in total. The molecule has 0 heterocycles. The zero-order valence-electron chi connectivity index (χ0n) is 13.7. The van der Waals surface area contributed by atoms with Crippen molar-refractivity contribution in [2.24, 2.45) is 0 Å². The van der Waals surface area contributed by atoms with E-state index in [1.54, 1.807) is 0 Å². The van der Waals surface area contributed by atoms with Gasteiger partial charge in [0.2, 0.25) is 0 Å². The number of rotatable bonds is 1. The number of fused-ring (bicyclic) bond motifs is 1. The summed E-state index contributed by atoms with van der Waals surface area (Å²) in [6.07, 6.45) is 0. The van der Waals surface area contributed by atoms with E-state index in [0.29, 0.717) is 0 Å². The van der Waals surface area contributed by atoms with Crippen molar-refractivity contribution in [2.75, 3.05) is 0 Å². The molecule has 2 rings (SSSR count). The molecule has 0 aliphatic heterocycles. The van der Waals surface area contributed by atoms with Gasteiger partial charge in [-0.25, -0.2) is 4.79 Å². The summed E-state index contributed by atoms with van der Waals surface area (Å²) in [4.78, 5) is 10.9. The Kier molecular flexibility index (Phi) is 1.03. The minimum Gasteiger partial charge on any atom is -0.414 e. The van der Waals surface area contributed by atoms with Crippen LogP contribution in [0.15, 0.2) is 42.3 Å². The van der Waals surface area contributed by atoms with Gasteiger partial charge in [0.15, 0.2) is 0 Å². The van der Waals surface area contributed by atoms with E-state index < -0.39 is 53.5 Å². The first kappa shape index (κ1) is 3.91. The molecule has 2 nitrogen and oxygen atoms in total. The van der Waals surface area contributed by atoms with Gasteiger partial charge in [0.05, 0.1) is 9.60 Å². The molecule has 0 fully saturated rings. The van der Waals surface area contributed by atoms with Crippen molar-refractivity contribution in [3.8, 4) is 5.75 Å². The van der Waals surface area contributed by atoms with Gasteiger partial charge in [0, 0.05) is 17.0 Å². The topological polar surface area (TPSA) is 26.3 Å². The molecule has 0 aromatic heterocycles. The van der Waals surface area contributed by atoms with Gasteiger partial charge in [-0.3, -0.25) is 0 Å². The lowest BCUT2D eigenvalue weighted by atomic mass is 10.1. The van der Waals surface area contributed by atoms with Crippen LogP contribution in [0, 0.1) is 0 Å². The lowest BCUT2D eigenvalue weighted by molar-refractivity contribution is 0.226. The van der Waals surface area contributed by atoms with E-state index in [2.05, 4.69) is 4.74 Å². The van der Waals surface area contributed by atoms with Crippen LogP contribution < -0.4 is 4.74 Å². The maximum absolute atomic E-state index is 10.9. The molecule has 0 bridgehead atoms. The quantitative estimate of drug-likeness (QED) is 0.677. The highest BCUT2D eigenvalue weighted by Crippen LogP contribution is 2.25. The average molecular weight is 214 g/mol. The van der Waals surface area contributed by atoms with Crippen molar-refractivity contribution < 1.29 is 19.1 Å². The summed E-state index contributed by atoms with van der Waals surface area (Å²) in [6, 6.07) is -4.11. The molecule has 14 heavy (non-hydrogen) atoms. The van der Waals surface area contributed by atoms with Crippen molar-refractivity contribution in [1.82, 2.24) is 0 Å². The number of ether oxygens (including phenoxy) is 1. The second-order valence-corrected chi connectivity index (χ2v) is 2.60. The van der Waals surface area contributed by atoms with Crippen molar-refractivity contribution in [3.63, 3.8) is 0 Å². The first-order chi connectivity index (χ1) is 9.68. The number of benzene rings is 2. The van der Waals surface area contributed by atoms with Gasteiger partial charge in [-0.05, 0) is 11.4 Å². The number of carbonyl (C=O) groups excluding carboxylic acids is 1. The largest absolute Gasteiger partial charge is 0.414 e. The van der Waals surface area contributed by atoms with E-state index in [-0.39, 0.29) is 10.8 Å². The number of hydrogen-bond donors (Lipinski definition) is 0. The number of carbonyl (C=O) groups is 1. The first-order valence-electron chi connectivity index (χ1n) is 7.05. The van der Waals surface area contributed by atoms with Crippen molar-refractivity contribution >= 4 is 27.8 Å². The third kappa shape index (κ3) is 1.70. The summed E-state index contributed by atoms with van der Waals surface area (Å²) in [5.74, 6) is -0.557. The Morgan fingerprint density at radius 1 is 1.21 bits per heavy atom. The summed E-state index contributed by atoms with van der Waals surface area (Å²) in [7, 11) is 0. The van der Waals surface area contributed by atoms with E-state index in [4.69, 9.17) is 21.2 Å². The van der Waals surface area contributed by atoms with Gasteiger partial charge < -0.3 is 4.74 Å². The van der Waals surface area contributed by atoms with Crippen LogP contribution in [0.5, 0.6) is 5.75 Å². The highest BCUT2D eigenvalue weighted by molar-refractivity contribution is 6.61. The SMILES string of the molecule is [2H]c1c([2H])c([2H])c2c(OC(=O)Cl)c([2H])c([2H])c([2H])c2c1[2H]. The maximum Gasteiger partial charge on any atom is 0.409 e. The molecular formula is C11H7ClO2. The normalized spacial score (nSPS) is 17.1. The Labute approximate surface area is 95.9 Å². The Morgan fingerprint density at radius 3 is 2.71 bits per heavy atom. The second kappa shape index (κ2) is 3.68. The molecule has 2 aromatic rings. The molecule has 0 spiro atoms. The number of hydrogen-bond acceptors (Lipinski definition) is 2. The maximum atomic E-state index is 10.9. The van der Waals surface area contributed by atoms with Gasteiger partial charge in [0.25, 0.3) is 0 Å². The van der Waals surface area contributed by atoms with E-state index in [1.165, 1.54) is 0 Å². The second-order valence-electron chi connectivity index (χ2n) is 2.29. The van der Waals surface area contributed by atoms with E-state index in [0.717, 1.165) is 0 Å². The van der Waals surface area contributed by atoms with E-state index in [1.807, 2.05) is 0 Å². The van der Waals surface area contributed by atoms with Crippen LogP contribution in [0.4, 0.5) is 4.79 Å². The fourth-order valence-corrected chi connectivity index (χ4v) is 1.02. The molecule has 3 heteroatoms. The van der Waals surface area contributed by atoms with Gasteiger partial charge in [-0.2, -0.15) is 0 Å². The standard InChI is InChI=1S/C11H7ClO2/c12-11(13)14-10-7-3-5-8-4-1-2-6-9(8)10/h1-7H/i1D,2D,3D,4D,5D,6D,7D. The lowest BCUT2D eigenvalue weighted by Gasteiger charge is -2.03. The molecule has 70 valence electrons. The Bertz CT molecular complexity index is 782. The summed E-state index contributed by atoms with van der Waals surface area (Å²) in [6.45, 7) is 0.